The van der Waals surface area contributed by atoms with Crippen LogP contribution in [0.25, 0.3) is 21.8 Å². The molecule has 2 aromatic carbocycles. The maximum Gasteiger partial charge on any atom is 0.305 e. The Morgan fingerprint density at radius 3 is 1.13 bits per heavy atom. The van der Waals surface area contributed by atoms with Crippen molar-refractivity contribution in [3.05, 3.63) is 72.1 Å². The molecule has 1 fully saturated rings. The van der Waals surface area contributed by atoms with Crippen LogP contribution in [0.1, 0.15) is 64.5 Å². The van der Waals surface area contributed by atoms with Gasteiger partial charge in [-0.2, -0.15) is 0 Å². The smallest absolute Gasteiger partial charge is 0.305 e. The molecule has 5 rings (SSSR count). The Kier molecular flexibility index (Phi) is 14.7. The molecule has 0 spiro atoms. The van der Waals surface area contributed by atoms with Gasteiger partial charge in [-0.05, 0) is 47.9 Å². The summed E-state index contributed by atoms with van der Waals surface area (Å²) in [6.45, 7) is 7.22. The average molecular weight is 829 g/mol. The molecule has 18 nitrogen and oxygen atoms in total. The van der Waals surface area contributed by atoms with Crippen LogP contribution in [0.2, 0.25) is 0 Å². The number of benzene rings is 2. The van der Waals surface area contributed by atoms with Crippen molar-refractivity contribution in [3.63, 3.8) is 0 Å². The van der Waals surface area contributed by atoms with Crippen LogP contribution in [0.15, 0.2) is 60.9 Å². The Hall–Kier alpha value is -6.72. The number of aromatic amines is 2. The molecule has 2 aromatic heterocycles. The van der Waals surface area contributed by atoms with Gasteiger partial charge in [-0.3, -0.25) is 38.4 Å². The van der Waals surface area contributed by atoms with Crippen LogP contribution in [0.3, 0.4) is 0 Å². The molecule has 0 bridgehead atoms. The van der Waals surface area contributed by atoms with Gasteiger partial charge in [0.15, 0.2) is 0 Å². The minimum atomic E-state index is -1.78. The highest BCUT2D eigenvalue weighted by atomic mass is 16.4. The molecule has 10 N–H and O–H groups in total. The first-order chi connectivity index (χ1) is 28.5. The van der Waals surface area contributed by atoms with Crippen molar-refractivity contribution >= 4 is 69.2 Å². The SMILES string of the molecule is CC(C)C[C@@H]1NC(=O)[C@@H](CC(C)C)NC(=O)[C@H](CC(=O)O)NC(=O)[C@@H](Cc2c[nH]c3ccccc23)NC(=O)[C@@H](CC(=O)O)NC(=O)[C@@H](Cc2c[nH]c3ccccc23)NC1=O. The molecule has 0 saturated carbocycles. The lowest BCUT2D eigenvalue weighted by molar-refractivity contribution is -0.142. The minimum Gasteiger partial charge on any atom is -0.481 e. The number of amides is 6. The summed E-state index contributed by atoms with van der Waals surface area (Å²) in [4.78, 5) is 115. The topological polar surface area (TPSA) is 281 Å². The Morgan fingerprint density at radius 2 is 0.783 bits per heavy atom. The fourth-order valence-electron chi connectivity index (χ4n) is 7.27. The van der Waals surface area contributed by atoms with Crippen molar-refractivity contribution in [1.29, 1.82) is 0 Å². The molecule has 4 aromatic rings. The van der Waals surface area contributed by atoms with E-state index in [1.54, 1.807) is 56.6 Å². The largest absolute Gasteiger partial charge is 0.481 e. The summed E-state index contributed by atoms with van der Waals surface area (Å²) in [5.41, 5.74) is 2.60. The Labute approximate surface area is 345 Å². The van der Waals surface area contributed by atoms with Crippen molar-refractivity contribution in [1.82, 2.24) is 41.9 Å². The molecule has 0 radical (unpaired) electrons. The normalized spacial score (nSPS) is 22.6. The number of nitrogens with one attached hydrogen (secondary N) is 8. The summed E-state index contributed by atoms with van der Waals surface area (Å²) in [5.74, 6) is -8.80. The molecular formula is C42H52N8O10. The Bertz CT molecular complexity index is 2250. The number of hydrogen-bond acceptors (Lipinski definition) is 8. The zero-order valence-corrected chi connectivity index (χ0v) is 33.8. The zero-order chi connectivity index (χ0) is 43.7. The lowest BCUT2D eigenvalue weighted by Crippen LogP contribution is -2.62. The third-order valence-electron chi connectivity index (χ3n) is 10.2. The number of aromatic nitrogens is 2. The van der Waals surface area contributed by atoms with E-state index in [1.165, 1.54) is 0 Å². The number of carbonyl (C=O) groups is 8. The van der Waals surface area contributed by atoms with E-state index >= 15 is 0 Å². The maximum absolute atomic E-state index is 14.3. The van der Waals surface area contributed by atoms with Crippen molar-refractivity contribution in [2.45, 2.75) is 102 Å². The Morgan fingerprint density at radius 1 is 0.483 bits per heavy atom. The van der Waals surface area contributed by atoms with Crippen LogP contribution >= 0.6 is 0 Å². The first-order valence-electron chi connectivity index (χ1n) is 19.8. The number of rotatable bonds is 12. The minimum absolute atomic E-state index is 0.0666. The molecule has 0 aliphatic carbocycles. The maximum atomic E-state index is 14.3. The first-order valence-corrected chi connectivity index (χ1v) is 19.8. The molecule has 0 unspecified atom stereocenters. The number of fused-ring (bicyclic) bond motifs is 2. The number of para-hydroxylation sites is 2. The highest BCUT2D eigenvalue weighted by Crippen LogP contribution is 2.21. The summed E-state index contributed by atoms with van der Waals surface area (Å²) in [6.07, 6.45) is 1.26. The second kappa shape index (κ2) is 19.8. The van der Waals surface area contributed by atoms with Crippen molar-refractivity contribution in [3.8, 4) is 0 Å². The van der Waals surface area contributed by atoms with E-state index in [0.717, 1.165) is 10.9 Å². The fourth-order valence-corrected chi connectivity index (χ4v) is 7.27. The van der Waals surface area contributed by atoms with E-state index in [-0.39, 0.29) is 37.5 Å². The van der Waals surface area contributed by atoms with Gasteiger partial charge in [0.25, 0.3) is 0 Å². The molecular weight excluding hydrogens is 777 g/mol. The van der Waals surface area contributed by atoms with Gasteiger partial charge in [0.1, 0.15) is 36.3 Å². The van der Waals surface area contributed by atoms with Gasteiger partial charge in [0, 0.05) is 47.0 Å². The van der Waals surface area contributed by atoms with Crippen LogP contribution in [0.5, 0.6) is 0 Å². The molecule has 320 valence electrons. The fraction of sp³-hybridized carbons (Fsp3) is 0.429. The second-order valence-corrected chi connectivity index (χ2v) is 15.9. The van der Waals surface area contributed by atoms with Gasteiger partial charge in [-0.15, -0.1) is 0 Å². The highest BCUT2D eigenvalue weighted by molar-refractivity contribution is 6.00. The third-order valence-corrected chi connectivity index (χ3v) is 10.2. The molecule has 1 aliphatic rings. The zero-order valence-electron chi connectivity index (χ0n) is 33.8. The number of hydrogen-bond donors (Lipinski definition) is 10. The van der Waals surface area contributed by atoms with Gasteiger partial charge in [-0.25, -0.2) is 0 Å². The monoisotopic (exact) mass is 828 g/mol. The van der Waals surface area contributed by atoms with Gasteiger partial charge in [0.2, 0.25) is 35.4 Å². The van der Waals surface area contributed by atoms with E-state index in [4.69, 9.17) is 0 Å². The predicted octanol–water partition coefficient (Wildman–Crippen LogP) is 1.40. The van der Waals surface area contributed by atoms with E-state index in [1.807, 2.05) is 32.0 Å². The summed E-state index contributed by atoms with van der Waals surface area (Å²) >= 11 is 0. The van der Waals surface area contributed by atoms with Crippen LogP contribution < -0.4 is 31.9 Å². The van der Waals surface area contributed by atoms with Crippen LogP contribution in [-0.4, -0.2) is 104 Å². The second-order valence-electron chi connectivity index (χ2n) is 15.9. The average Bonchev–Trinajstić information content (AvgIpc) is 3.78. The quantitative estimate of drug-likeness (QED) is 0.0980. The van der Waals surface area contributed by atoms with Gasteiger partial charge >= 0.3 is 11.9 Å². The molecule has 3 heterocycles. The summed E-state index contributed by atoms with van der Waals surface area (Å²) in [6, 6.07) is 5.35. The summed E-state index contributed by atoms with van der Waals surface area (Å²) in [7, 11) is 0. The van der Waals surface area contributed by atoms with Crippen molar-refractivity contribution in [2.75, 3.05) is 0 Å². The number of carbonyl (C=O) groups excluding carboxylic acids is 6. The molecule has 6 amide bonds. The summed E-state index contributed by atoms with van der Waals surface area (Å²) in [5, 5.41) is 36.5. The Balaban J connectivity index is 1.59. The third kappa shape index (κ3) is 11.7. The van der Waals surface area contributed by atoms with Crippen LogP contribution in [0.4, 0.5) is 0 Å². The summed E-state index contributed by atoms with van der Waals surface area (Å²) < 4.78 is 0. The van der Waals surface area contributed by atoms with Crippen LogP contribution in [-0.2, 0) is 51.2 Å². The molecule has 60 heavy (non-hydrogen) atoms. The molecule has 18 heteroatoms. The first kappa shape index (κ1) is 44.4. The van der Waals surface area contributed by atoms with Gasteiger partial charge in [-0.1, -0.05) is 64.1 Å². The number of aliphatic carboxylic acids is 2. The van der Waals surface area contributed by atoms with Crippen molar-refractivity contribution in [2.24, 2.45) is 11.8 Å². The molecule has 1 saturated heterocycles. The van der Waals surface area contributed by atoms with E-state index in [0.29, 0.717) is 22.0 Å². The lowest BCUT2D eigenvalue weighted by atomic mass is 9.98. The number of H-pyrrole nitrogens is 2. The van der Waals surface area contributed by atoms with Crippen LogP contribution in [0, 0.1) is 11.8 Å². The number of carboxylic acid groups (broad SMARTS) is 2. The number of carboxylic acids is 2. The predicted molar refractivity (Wildman–Crippen MR) is 219 cm³/mol. The molecule has 6 atom stereocenters. The van der Waals surface area contributed by atoms with E-state index in [2.05, 4.69) is 41.9 Å². The lowest BCUT2D eigenvalue weighted by Gasteiger charge is -2.29. The van der Waals surface area contributed by atoms with Gasteiger partial charge in [0.05, 0.1) is 12.8 Å². The highest BCUT2D eigenvalue weighted by Gasteiger charge is 2.37. The van der Waals surface area contributed by atoms with E-state index in [9.17, 15) is 48.6 Å². The standard InChI is InChI=1S/C42H52N8O10/c1-21(2)13-29-37(55)45-30(14-22(3)4)38(56)47-31(15-23-19-43-27-11-7-5-9-25(23)27)39(57)50-34(18-36(53)54)42(60)48-32(16-24-20-44-28-12-8-6-10-26(24)28)40(58)49-33(17-35(51)52)41(59)46-29/h5-12,19-22,29-34,43-44H,13-18H2,1-4H3,(H,45,55)(H,46,59)(H,47,56)(H,48,60)(H,49,58)(H,50,57)(H,51,52)(H,53,54)/t29-,30+,31-,32-,33+,34-/m1/s1. The molecule has 1 aliphatic heterocycles. The van der Waals surface area contributed by atoms with Crippen molar-refractivity contribution < 1.29 is 48.6 Å². The van der Waals surface area contributed by atoms with Gasteiger partial charge < -0.3 is 52.1 Å². The van der Waals surface area contributed by atoms with E-state index < -0.39 is 96.5 Å².